The Bertz CT molecular complexity index is 1250. The van der Waals surface area contributed by atoms with E-state index in [2.05, 4.69) is 9.93 Å². The summed E-state index contributed by atoms with van der Waals surface area (Å²) in [5, 5.41) is 4.35. The molecule has 0 heterocycles. The third-order valence-corrected chi connectivity index (χ3v) is 5.85. The van der Waals surface area contributed by atoms with Gasteiger partial charge in [0, 0.05) is 5.02 Å². The molecule has 166 valence electrons. The third-order valence-electron chi connectivity index (χ3n) is 4.06. The molecular weight excluding hydrogens is 475 g/mol. The van der Waals surface area contributed by atoms with Crippen LogP contribution in [0.3, 0.4) is 0 Å². The number of ether oxygens (including phenoxy) is 2. The molecule has 0 unspecified atom stereocenters. The Labute approximate surface area is 195 Å². The first kappa shape index (κ1) is 23.6. The zero-order valence-electron chi connectivity index (χ0n) is 16.8. The molecular formula is C22H18Cl2N2O5S. The van der Waals surface area contributed by atoms with Gasteiger partial charge in [0.2, 0.25) is 0 Å². The van der Waals surface area contributed by atoms with E-state index in [1.165, 1.54) is 42.6 Å². The van der Waals surface area contributed by atoms with Crippen LogP contribution < -0.4 is 14.3 Å². The third kappa shape index (κ3) is 6.00. The number of nitrogens with zero attached hydrogens (tertiary/aromatic N) is 1. The maximum absolute atomic E-state index is 12.5. The van der Waals surface area contributed by atoms with Crippen LogP contribution >= 0.6 is 23.2 Å². The summed E-state index contributed by atoms with van der Waals surface area (Å²) in [4.78, 5) is 14.7. The summed E-state index contributed by atoms with van der Waals surface area (Å²) in [6, 6.07) is 17.0. The van der Waals surface area contributed by atoms with Crippen molar-refractivity contribution in [3.05, 3.63) is 87.9 Å². The molecule has 0 spiro atoms. The Morgan fingerprint density at radius 2 is 1.78 bits per heavy atom. The number of rotatable bonds is 8. The van der Waals surface area contributed by atoms with Crippen LogP contribution in [0.15, 0.2) is 76.7 Å². The number of nitrogens with one attached hydrogen (secondary N) is 1. The summed E-state index contributed by atoms with van der Waals surface area (Å²) in [5.74, 6) is -0.227. The minimum atomic E-state index is -3.78. The number of carbonyl (C=O) groups excluding carboxylic acids is 1. The van der Waals surface area contributed by atoms with Crippen molar-refractivity contribution in [2.24, 2.45) is 5.10 Å². The summed E-state index contributed by atoms with van der Waals surface area (Å²) in [6.07, 6.45) is 1.31. The van der Waals surface area contributed by atoms with Crippen molar-refractivity contribution in [1.29, 1.82) is 0 Å². The molecule has 0 aliphatic carbocycles. The molecule has 0 bridgehead atoms. The molecule has 3 rings (SSSR count). The standard InChI is InChI=1S/C22H18Cl2N2O5S/c1-2-30-21-12-15(14-25-26-32(28,29)17-6-4-3-5-7-17)8-11-20(21)31-22(27)18-10-9-16(23)13-19(18)24/h3-14,26H,2H2,1H3. The highest BCUT2D eigenvalue weighted by Crippen LogP contribution is 2.30. The highest BCUT2D eigenvalue weighted by Gasteiger charge is 2.16. The molecule has 0 saturated heterocycles. The summed E-state index contributed by atoms with van der Waals surface area (Å²) in [5.41, 5.74) is 0.674. The number of esters is 1. The van der Waals surface area contributed by atoms with Crippen LogP contribution in [0.5, 0.6) is 11.5 Å². The molecule has 1 N–H and O–H groups in total. The van der Waals surface area contributed by atoms with Crippen molar-refractivity contribution in [1.82, 2.24) is 4.83 Å². The molecule has 0 aliphatic rings. The molecule has 0 amide bonds. The maximum Gasteiger partial charge on any atom is 0.345 e. The van der Waals surface area contributed by atoms with E-state index in [1.54, 1.807) is 37.3 Å². The van der Waals surface area contributed by atoms with E-state index in [-0.39, 0.29) is 27.0 Å². The first-order valence-electron chi connectivity index (χ1n) is 9.34. The molecule has 7 nitrogen and oxygen atoms in total. The Morgan fingerprint density at radius 1 is 1.03 bits per heavy atom. The van der Waals surface area contributed by atoms with Gasteiger partial charge in [-0.3, -0.25) is 0 Å². The van der Waals surface area contributed by atoms with Gasteiger partial charge >= 0.3 is 5.97 Å². The van der Waals surface area contributed by atoms with E-state index in [1.807, 2.05) is 0 Å². The van der Waals surface area contributed by atoms with Crippen LogP contribution in [0.1, 0.15) is 22.8 Å². The lowest BCUT2D eigenvalue weighted by atomic mass is 10.2. The van der Waals surface area contributed by atoms with Crippen molar-refractivity contribution in [2.45, 2.75) is 11.8 Å². The smallest absolute Gasteiger partial charge is 0.345 e. The lowest BCUT2D eigenvalue weighted by molar-refractivity contribution is 0.0728. The van der Waals surface area contributed by atoms with Crippen LogP contribution in [0.2, 0.25) is 10.0 Å². The van der Waals surface area contributed by atoms with Crippen molar-refractivity contribution in [2.75, 3.05) is 6.61 Å². The SMILES string of the molecule is CCOc1cc(C=NNS(=O)(=O)c2ccccc2)ccc1OC(=O)c1ccc(Cl)cc1Cl. The predicted octanol–water partition coefficient (Wildman–Crippen LogP) is 4.92. The molecule has 10 heteroatoms. The monoisotopic (exact) mass is 492 g/mol. The molecule has 0 aromatic heterocycles. The van der Waals surface area contributed by atoms with E-state index >= 15 is 0 Å². The van der Waals surface area contributed by atoms with Gasteiger partial charge in [-0.1, -0.05) is 41.4 Å². The van der Waals surface area contributed by atoms with E-state index in [0.29, 0.717) is 17.2 Å². The van der Waals surface area contributed by atoms with E-state index in [4.69, 9.17) is 32.7 Å². The average Bonchev–Trinajstić information content (AvgIpc) is 2.76. The number of benzene rings is 3. The van der Waals surface area contributed by atoms with Gasteiger partial charge in [0.1, 0.15) is 0 Å². The van der Waals surface area contributed by atoms with Gasteiger partial charge in [-0.25, -0.2) is 9.63 Å². The number of hydrogen-bond acceptors (Lipinski definition) is 6. The van der Waals surface area contributed by atoms with Crippen LogP contribution in [0, 0.1) is 0 Å². The molecule has 3 aromatic carbocycles. The van der Waals surface area contributed by atoms with Gasteiger partial charge in [-0.05, 0) is 61.0 Å². The number of sulfonamides is 1. The fourth-order valence-electron chi connectivity index (χ4n) is 2.59. The number of halogens is 2. The fourth-order valence-corrected chi connectivity index (χ4v) is 3.89. The van der Waals surface area contributed by atoms with Crippen LogP contribution in [0.4, 0.5) is 0 Å². The minimum absolute atomic E-state index is 0.0928. The van der Waals surface area contributed by atoms with Gasteiger partial charge in [-0.15, -0.1) is 0 Å². The zero-order chi connectivity index (χ0) is 23.1. The Hall–Kier alpha value is -3.07. The number of hydrogen-bond donors (Lipinski definition) is 1. The number of carbonyl (C=O) groups is 1. The molecule has 0 radical (unpaired) electrons. The lowest BCUT2D eigenvalue weighted by Crippen LogP contribution is -2.18. The minimum Gasteiger partial charge on any atom is -0.490 e. The van der Waals surface area contributed by atoms with Crippen LogP contribution in [-0.4, -0.2) is 27.2 Å². The van der Waals surface area contributed by atoms with Crippen molar-refractivity contribution in [3.8, 4) is 11.5 Å². The Morgan fingerprint density at radius 3 is 2.47 bits per heavy atom. The van der Waals surface area contributed by atoms with Gasteiger partial charge in [0.15, 0.2) is 11.5 Å². The van der Waals surface area contributed by atoms with Gasteiger partial charge < -0.3 is 9.47 Å². The first-order valence-corrected chi connectivity index (χ1v) is 11.6. The largest absolute Gasteiger partial charge is 0.490 e. The second-order valence-electron chi connectivity index (χ2n) is 6.32. The van der Waals surface area contributed by atoms with E-state index < -0.39 is 16.0 Å². The van der Waals surface area contributed by atoms with Gasteiger partial charge in [0.05, 0.1) is 28.3 Å². The highest BCUT2D eigenvalue weighted by atomic mass is 35.5. The molecule has 32 heavy (non-hydrogen) atoms. The Kier molecular flexibility index (Phi) is 7.74. The summed E-state index contributed by atoms with van der Waals surface area (Å²) in [7, 11) is -3.78. The molecule has 0 aliphatic heterocycles. The molecule has 0 atom stereocenters. The van der Waals surface area contributed by atoms with Crippen molar-refractivity contribution < 1.29 is 22.7 Å². The zero-order valence-corrected chi connectivity index (χ0v) is 19.1. The second kappa shape index (κ2) is 10.5. The van der Waals surface area contributed by atoms with E-state index in [9.17, 15) is 13.2 Å². The van der Waals surface area contributed by atoms with Crippen LogP contribution in [-0.2, 0) is 10.0 Å². The normalized spacial score (nSPS) is 11.3. The maximum atomic E-state index is 12.5. The average molecular weight is 493 g/mol. The predicted molar refractivity (Wildman–Crippen MR) is 123 cm³/mol. The summed E-state index contributed by atoms with van der Waals surface area (Å²) >= 11 is 11.9. The summed E-state index contributed by atoms with van der Waals surface area (Å²) in [6.45, 7) is 2.09. The molecule has 3 aromatic rings. The quantitative estimate of drug-likeness (QED) is 0.208. The van der Waals surface area contributed by atoms with Gasteiger partial charge in [0.25, 0.3) is 10.0 Å². The molecule has 0 saturated carbocycles. The number of hydrazone groups is 1. The van der Waals surface area contributed by atoms with E-state index in [0.717, 1.165) is 0 Å². The van der Waals surface area contributed by atoms with Gasteiger partial charge in [-0.2, -0.15) is 13.5 Å². The summed E-state index contributed by atoms with van der Waals surface area (Å²) < 4.78 is 35.4. The van der Waals surface area contributed by atoms with Crippen molar-refractivity contribution in [3.63, 3.8) is 0 Å². The van der Waals surface area contributed by atoms with Crippen molar-refractivity contribution >= 4 is 45.4 Å². The highest BCUT2D eigenvalue weighted by molar-refractivity contribution is 7.89. The second-order valence-corrected chi connectivity index (χ2v) is 8.82. The lowest BCUT2D eigenvalue weighted by Gasteiger charge is -2.12. The van der Waals surface area contributed by atoms with Crippen LogP contribution in [0.25, 0.3) is 0 Å². The fraction of sp³-hybridized carbons (Fsp3) is 0.0909. The Balaban J connectivity index is 1.77. The molecule has 0 fully saturated rings. The first-order chi connectivity index (χ1) is 15.3. The topological polar surface area (TPSA) is 94.1 Å².